The van der Waals surface area contributed by atoms with Crippen molar-refractivity contribution in [2.45, 2.75) is 35.3 Å². The molecule has 0 aliphatic rings. The van der Waals surface area contributed by atoms with E-state index in [1.807, 2.05) is 20.8 Å². The van der Waals surface area contributed by atoms with Gasteiger partial charge >= 0.3 is 0 Å². The highest BCUT2D eigenvalue weighted by atomic mass is 79.9. The van der Waals surface area contributed by atoms with Crippen LogP contribution in [0.3, 0.4) is 0 Å². The molecule has 0 saturated carbocycles. The average molecular weight is 347 g/mol. The molecule has 0 amide bonds. The summed E-state index contributed by atoms with van der Waals surface area (Å²) in [4.78, 5) is 0.0187. The van der Waals surface area contributed by atoms with Gasteiger partial charge in [0.05, 0.1) is 4.34 Å². The van der Waals surface area contributed by atoms with Crippen molar-refractivity contribution in [3.63, 3.8) is 0 Å². The molecule has 0 radical (unpaired) electrons. The lowest BCUT2D eigenvalue weighted by Crippen LogP contribution is -2.48. The van der Waals surface area contributed by atoms with Crippen molar-refractivity contribution in [3.05, 3.63) is 16.5 Å². The zero-order valence-corrected chi connectivity index (χ0v) is 13.1. The van der Waals surface area contributed by atoms with E-state index in [4.69, 9.17) is 11.6 Å². The smallest absolute Gasteiger partial charge is 0.206 e. The van der Waals surface area contributed by atoms with E-state index in [2.05, 4.69) is 20.7 Å². The van der Waals surface area contributed by atoms with Crippen molar-refractivity contribution in [1.82, 2.24) is 4.72 Å². The van der Waals surface area contributed by atoms with Crippen molar-refractivity contribution < 1.29 is 8.42 Å². The molecule has 1 heterocycles. The molecule has 0 spiro atoms. The minimum absolute atomic E-state index is 0.0187. The SMILES string of the molecule is CC(Br)C(C)(C)NS(=O)(=O)c1ccc(Cl)s1. The zero-order valence-electron chi connectivity index (χ0n) is 9.12. The van der Waals surface area contributed by atoms with Gasteiger partial charge in [-0.2, -0.15) is 0 Å². The van der Waals surface area contributed by atoms with Gasteiger partial charge in [-0.05, 0) is 26.0 Å². The number of sulfonamides is 1. The molecule has 0 bridgehead atoms. The third kappa shape index (κ3) is 3.43. The van der Waals surface area contributed by atoms with Crippen LogP contribution >= 0.6 is 38.9 Å². The van der Waals surface area contributed by atoms with E-state index in [1.54, 1.807) is 6.07 Å². The zero-order chi connectivity index (χ0) is 12.6. The van der Waals surface area contributed by atoms with Crippen LogP contribution in [0.25, 0.3) is 0 Å². The van der Waals surface area contributed by atoms with E-state index in [9.17, 15) is 8.42 Å². The summed E-state index contributed by atoms with van der Waals surface area (Å²) >= 11 is 10.1. The van der Waals surface area contributed by atoms with E-state index >= 15 is 0 Å². The first-order chi connectivity index (χ1) is 7.15. The van der Waals surface area contributed by atoms with Gasteiger partial charge in [0.15, 0.2) is 0 Å². The molecule has 1 unspecified atom stereocenters. The summed E-state index contributed by atoms with van der Waals surface area (Å²) in [5.74, 6) is 0. The van der Waals surface area contributed by atoms with Crippen LogP contribution in [0, 0.1) is 0 Å². The van der Waals surface area contributed by atoms with E-state index in [0.717, 1.165) is 11.3 Å². The predicted octanol–water partition coefficient (Wildman–Crippen LogP) is 3.24. The first-order valence-electron chi connectivity index (χ1n) is 4.58. The van der Waals surface area contributed by atoms with Crippen LogP contribution in [0.2, 0.25) is 4.34 Å². The largest absolute Gasteiger partial charge is 0.250 e. The molecule has 16 heavy (non-hydrogen) atoms. The first-order valence-corrected chi connectivity index (χ1v) is 8.18. The number of alkyl halides is 1. The van der Waals surface area contributed by atoms with Crippen molar-refractivity contribution in [1.29, 1.82) is 0 Å². The van der Waals surface area contributed by atoms with Gasteiger partial charge in [0.25, 0.3) is 10.0 Å². The number of halogens is 2. The fraction of sp³-hybridized carbons (Fsp3) is 0.556. The molecule has 0 aliphatic carbocycles. The Labute approximate surface area is 113 Å². The molecule has 1 rings (SSSR count). The molecule has 92 valence electrons. The summed E-state index contributed by atoms with van der Waals surface area (Å²) < 4.78 is 27.3. The fourth-order valence-electron chi connectivity index (χ4n) is 0.920. The Morgan fingerprint density at radius 1 is 1.50 bits per heavy atom. The lowest BCUT2D eigenvalue weighted by molar-refractivity contribution is 0.454. The Morgan fingerprint density at radius 2 is 2.06 bits per heavy atom. The Balaban J connectivity index is 2.97. The van der Waals surface area contributed by atoms with E-state index < -0.39 is 15.6 Å². The number of hydrogen-bond acceptors (Lipinski definition) is 3. The fourth-order valence-corrected chi connectivity index (χ4v) is 4.15. The number of thiophene rings is 1. The van der Waals surface area contributed by atoms with Gasteiger partial charge in [-0.1, -0.05) is 34.5 Å². The second-order valence-corrected chi connectivity index (χ2v) is 9.00. The maximum absolute atomic E-state index is 12.0. The quantitative estimate of drug-likeness (QED) is 0.851. The van der Waals surface area contributed by atoms with Gasteiger partial charge in [-0.3, -0.25) is 0 Å². The molecule has 1 atom stereocenters. The normalized spacial score (nSPS) is 15.1. The highest BCUT2D eigenvalue weighted by Crippen LogP contribution is 2.27. The Morgan fingerprint density at radius 3 is 2.44 bits per heavy atom. The van der Waals surface area contributed by atoms with Crippen LogP contribution in [-0.4, -0.2) is 18.8 Å². The van der Waals surface area contributed by atoms with Crippen molar-refractivity contribution >= 4 is 48.9 Å². The minimum Gasteiger partial charge on any atom is -0.206 e. The van der Waals surface area contributed by atoms with Crippen molar-refractivity contribution in [2.24, 2.45) is 0 Å². The second kappa shape index (κ2) is 4.94. The molecule has 1 aromatic rings. The summed E-state index contributed by atoms with van der Waals surface area (Å²) in [5.41, 5.74) is -0.560. The van der Waals surface area contributed by atoms with E-state index in [0.29, 0.717) is 4.34 Å². The monoisotopic (exact) mass is 345 g/mol. The summed E-state index contributed by atoms with van der Waals surface area (Å²) in [7, 11) is -3.49. The molecule has 1 N–H and O–H groups in total. The van der Waals surface area contributed by atoms with Gasteiger partial charge in [0, 0.05) is 10.4 Å². The lowest BCUT2D eigenvalue weighted by Gasteiger charge is -2.28. The predicted molar refractivity (Wildman–Crippen MR) is 72.1 cm³/mol. The standard InChI is InChI=1S/C9H13BrClNO2S2/c1-6(10)9(2,3)12-16(13,14)8-5-4-7(11)15-8/h4-6,12H,1-3H3. The minimum atomic E-state index is -3.49. The first kappa shape index (κ1) is 14.4. The van der Waals surface area contributed by atoms with Crippen molar-refractivity contribution in [3.8, 4) is 0 Å². The van der Waals surface area contributed by atoms with Crippen LogP contribution in [0.5, 0.6) is 0 Å². The Kier molecular flexibility index (Phi) is 4.46. The highest BCUT2D eigenvalue weighted by Gasteiger charge is 2.30. The molecule has 0 saturated heterocycles. The Hall–Kier alpha value is 0.380. The topological polar surface area (TPSA) is 46.2 Å². The van der Waals surface area contributed by atoms with Crippen molar-refractivity contribution in [2.75, 3.05) is 0 Å². The summed E-state index contributed by atoms with van der Waals surface area (Å²) in [5, 5.41) is 0. The molecule has 0 aliphatic heterocycles. The molecule has 1 aromatic heterocycles. The molecule has 0 aromatic carbocycles. The van der Waals surface area contributed by atoms with Gasteiger partial charge in [0.1, 0.15) is 4.21 Å². The average Bonchev–Trinajstić information content (AvgIpc) is 2.50. The molecule has 0 fully saturated rings. The summed E-state index contributed by atoms with van der Waals surface area (Å²) in [6.45, 7) is 5.53. The lowest BCUT2D eigenvalue weighted by atomic mass is 10.0. The molecule has 3 nitrogen and oxygen atoms in total. The van der Waals surface area contributed by atoms with E-state index in [-0.39, 0.29) is 9.04 Å². The second-order valence-electron chi connectivity index (χ2n) is 4.00. The van der Waals surface area contributed by atoms with Gasteiger partial charge in [-0.25, -0.2) is 13.1 Å². The number of rotatable bonds is 4. The summed E-state index contributed by atoms with van der Waals surface area (Å²) in [6.07, 6.45) is 0. The van der Waals surface area contributed by atoms with Gasteiger partial charge in [0.2, 0.25) is 0 Å². The molecular weight excluding hydrogens is 334 g/mol. The van der Waals surface area contributed by atoms with Crippen LogP contribution in [0.1, 0.15) is 20.8 Å². The maximum atomic E-state index is 12.0. The van der Waals surface area contributed by atoms with Crippen LogP contribution in [0.15, 0.2) is 16.3 Å². The van der Waals surface area contributed by atoms with Crippen LogP contribution in [0.4, 0.5) is 0 Å². The van der Waals surface area contributed by atoms with Crippen LogP contribution < -0.4 is 4.72 Å². The number of nitrogens with one attached hydrogen (secondary N) is 1. The van der Waals surface area contributed by atoms with E-state index in [1.165, 1.54) is 6.07 Å². The highest BCUT2D eigenvalue weighted by molar-refractivity contribution is 9.09. The third-order valence-electron chi connectivity index (χ3n) is 2.21. The number of hydrogen-bond donors (Lipinski definition) is 1. The maximum Gasteiger partial charge on any atom is 0.250 e. The Bertz CT molecular complexity index is 468. The third-order valence-corrected chi connectivity index (χ3v) is 6.74. The summed E-state index contributed by atoms with van der Waals surface area (Å²) in [6, 6.07) is 3.08. The van der Waals surface area contributed by atoms with Crippen LogP contribution in [-0.2, 0) is 10.0 Å². The molecule has 7 heteroatoms. The van der Waals surface area contributed by atoms with Gasteiger partial charge < -0.3 is 0 Å². The molecular formula is C9H13BrClNO2S2. The van der Waals surface area contributed by atoms with Gasteiger partial charge in [-0.15, -0.1) is 11.3 Å².